The summed E-state index contributed by atoms with van der Waals surface area (Å²) in [6.07, 6.45) is 2.74. The molecule has 118 valence electrons. The molecular weight excluding hydrogens is 279 g/mol. The fourth-order valence-electron chi connectivity index (χ4n) is 2.95. The molecule has 2 unspecified atom stereocenters. The number of aliphatic carboxylic acids is 1. The summed E-state index contributed by atoms with van der Waals surface area (Å²) < 4.78 is 11.6. The summed E-state index contributed by atoms with van der Waals surface area (Å²) >= 11 is 0. The number of aryl methyl sites for hydroxylation is 1. The lowest BCUT2D eigenvalue weighted by Gasteiger charge is -2.33. The molecule has 22 heavy (non-hydrogen) atoms. The zero-order chi connectivity index (χ0) is 15.7. The van der Waals surface area contributed by atoms with Gasteiger partial charge in [0.25, 0.3) is 0 Å². The highest BCUT2D eigenvalue weighted by Gasteiger charge is 2.42. The maximum Gasteiger partial charge on any atom is 0.493 e. The molecule has 5 heteroatoms. The van der Waals surface area contributed by atoms with E-state index in [9.17, 15) is 4.79 Å². The van der Waals surface area contributed by atoms with Gasteiger partial charge >= 0.3 is 13.1 Å². The second-order valence-electron chi connectivity index (χ2n) is 7.34. The van der Waals surface area contributed by atoms with E-state index < -0.39 is 5.97 Å². The summed E-state index contributed by atoms with van der Waals surface area (Å²) in [6, 6.07) is 8.31. The summed E-state index contributed by atoms with van der Waals surface area (Å²) in [5.41, 5.74) is 2.38. The molecule has 2 aliphatic rings. The van der Waals surface area contributed by atoms with Crippen LogP contribution in [0.1, 0.15) is 32.3 Å². The van der Waals surface area contributed by atoms with Crippen LogP contribution in [0.2, 0.25) is 0 Å². The maximum absolute atomic E-state index is 10.8. The molecule has 1 heterocycles. The first-order valence-electron chi connectivity index (χ1n) is 7.99. The predicted octanol–water partition coefficient (Wildman–Crippen LogP) is 2.11. The highest BCUT2D eigenvalue weighted by atomic mass is 16.6. The molecule has 2 atom stereocenters. The second kappa shape index (κ2) is 6.05. The number of hydrogen-bond acceptors (Lipinski definition) is 3. The number of hydrogen-bond donors (Lipinski definition) is 1. The van der Waals surface area contributed by atoms with Crippen LogP contribution >= 0.6 is 0 Å². The monoisotopic (exact) mass is 302 g/mol. The minimum atomic E-state index is -0.644. The smallest absolute Gasteiger partial charge is 0.481 e. The molecule has 0 radical (unpaired) electrons. The van der Waals surface area contributed by atoms with E-state index in [2.05, 4.69) is 38.1 Å². The number of carboxylic acid groups (broad SMARTS) is 1. The SMILES string of the molecule is CC1(C)COB(c2ccc(CCC3CC3C(=O)O)cc2)OC1. The highest BCUT2D eigenvalue weighted by Crippen LogP contribution is 2.41. The van der Waals surface area contributed by atoms with E-state index in [1.54, 1.807) is 0 Å². The quantitative estimate of drug-likeness (QED) is 0.846. The number of carboxylic acids is 1. The number of rotatable bonds is 5. The van der Waals surface area contributed by atoms with Gasteiger partial charge in [-0.15, -0.1) is 0 Å². The Morgan fingerprint density at radius 2 is 1.91 bits per heavy atom. The molecule has 1 aromatic carbocycles. The molecular formula is C17H23BO4. The summed E-state index contributed by atoms with van der Waals surface area (Å²) in [4.78, 5) is 10.8. The van der Waals surface area contributed by atoms with Crippen molar-refractivity contribution >= 4 is 18.6 Å². The van der Waals surface area contributed by atoms with Gasteiger partial charge in [0.2, 0.25) is 0 Å². The molecule has 1 aliphatic heterocycles. The van der Waals surface area contributed by atoms with Crippen LogP contribution < -0.4 is 5.46 Å². The third-order valence-corrected chi connectivity index (χ3v) is 4.55. The molecule has 1 N–H and O–H groups in total. The van der Waals surface area contributed by atoms with E-state index in [1.165, 1.54) is 5.56 Å². The Kier molecular flexibility index (Phi) is 4.28. The molecule has 1 aromatic rings. The molecule has 3 rings (SSSR count). The first-order valence-corrected chi connectivity index (χ1v) is 7.99. The van der Waals surface area contributed by atoms with Gasteiger partial charge in [0.15, 0.2) is 0 Å². The van der Waals surface area contributed by atoms with E-state index in [0.717, 1.165) is 24.7 Å². The van der Waals surface area contributed by atoms with Crippen LogP contribution in [-0.2, 0) is 20.5 Å². The van der Waals surface area contributed by atoms with Gasteiger partial charge in [-0.3, -0.25) is 4.79 Å². The molecule has 0 spiro atoms. The zero-order valence-corrected chi connectivity index (χ0v) is 13.2. The van der Waals surface area contributed by atoms with E-state index in [4.69, 9.17) is 14.4 Å². The lowest BCUT2D eigenvalue weighted by molar-refractivity contribution is -0.138. The van der Waals surface area contributed by atoms with E-state index >= 15 is 0 Å². The van der Waals surface area contributed by atoms with Gasteiger partial charge in [-0.25, -0.2) is 0 Å². The van der Waals surface area contributed by atoms with Crippen molar-refractivity contribution in [3.05, 3.63) is 29.8 Å². The van der Waals surface area contributed by atoms with Crippen LogP contribution in [0, 0.1) is 17.3 Å². The molecule has 1 aliphatic carbocycles. The summed E-state index contributed by atoms with van der Waals surface area (Å²) in [7, 11) is -0.262. The Hall–Kier alpha value is -1.33. The summed E-state index contributed by atoms with van der Waals surface area (Å²) in [5.74, 6) is -0.383. The summed E-state index contributed by atoms with van der Waals surface area (Å²) in [6.45, 7) is 5.68. The van der Waals surface area contributed by atoms with Crippen LogP contribution in [0.4, 0.5) is 0 Å². The van der Waals surface area contributed by atoms with Crippen molar-refractivity contribution in [2.24, 2.45) is 17.3 Å². The largest absolute Gasteiger partial charge is 0.493 e. The van der Waals surface area contributed by atoms with Gasteiger partial charge in [-0.2, -0.15) is 0 Å². The standard InChI is InChI=1S/C17H23BO4/c1-17(2)10-21-18(22-11-17)14-7-4-12(5-8-14)3-6-13-9-15(13)16(19)20/h4-5,7-8,13,15H,3,6,9-11H2,1-2H3,(H,19,20). The number of benzene rings is 1. The van der Waals surface area contributed by atoms with Gasteiger partial charge in [-0.05, 0) is 36.2 Å². The molecule has 0 amide bonds. The Morgan fingerprint density at radius 3 is 2.45 bits per heavy atom. The second-order valence-corrected chi connectivity index (χ2v) is 7.34. The van der Waals surface area contributed by atoms with Crippen molar-refractivity contribution in [1.82, 2.24) is 0 Å². The van der Waals surface area contributed by atoms with Gasteiger partial charge in [0.05, 0.1) is 5.92 Å². The summed E-state index contributed by atoms with van der Waals surface area (Å²) in [5, 5.41) is 8.91. The van der Waals surface area contributed by atoms with Crippen LogP contribution in [0.3, 0.4) is 0 Å². The van der Waals surface area contributed by atoms with E-state index in [0.29, 0.717) is 19.1 Å². The van der Waals surface area contributed by atoms with E-state index in [-0.39, 0.29) is 18.5 Å². The Bertz CT molecular complexity index is 530. The maximum atomic E-state index is 10.8. The minimum absolute atomic E-state index is 0.0847. The first kappa shape index (κ1) is 15.6. The molecule has 0 aromatic heterocycles. The lowest BCUT2D eigenvalue weighted by atomic mass is 9.75. The average molecular weight is 302 g/mol. The van der Waals surface area contributed by atoms with Gasteiger partial charge in [-0.1, -0.05) is 38.1 Å². The van der Waals surface area contributed by atoms with Gasteiger partial charge < -0.3 is 14.4 Å². The van der Waals surface area contributed by atoms with Crippen molar-refractivity contribution < 1.29 is 19.2 Å². The fourth-order valence-corrected chi connectivity index (χ4v) is 2.95. The van der Waals surface area contributed by atoms with Crippen molar-refractivity contribution in [1.29, 1.82) is 0 Å². The minimum Gasteiger partial charge on any atom is -0.481 e. The predicted molar refractivity (Wildman–Crippen MR) is 85.1 cm³/mol. The average Bonchev–Trinajstić information content (AvgIpc) is 3.26. The van der Waals surface area contributed by atoms with Crippen LogP contribution in [0.5, 0.6) is 0 Å². The first-order chi connectivity index (χ1) is 10.4. The van der Waals surface area contributed by atoms with Crippen molar-refractivity contribution in [2.75, 3.05) is 13.2 Å². The molecule has 0 bridgehead atoms. The molecule has 4 nitrogen and oxygen atoms in total. The third kappa shape index (κ3) is 3.71. The van der Waals surface area contributed by atoms with Gasteiger partial charge in [0, 0.05) is 18.6 Å². The molecule has 2 fully saturated rings. The number of carbonyl (C=O) groups is 1. The van der Waals surface area contributed by atoms with E-state index in [1.807, 2.05) is 0 Å². The lowest BCUT2D eigenvalue weighted by Crippen LogP contribution is -2.47. The normalized spacial score (nSPS) is 26.7. The van der Waals surface area contributed by atoms with Crippen LogP contribution in [0.15, 0.2) is 24.3 Å². The Morgan fingerprint density at radius 1 is 1.27 bits per heavy atom. The Labute approximate surface area is 132 Å². The fraction of sp³-hybridized carbons (Fsp3) is 0.588. The van der Waals surface area contributed by atoms with Crippen molar-refractivity contribution in [2.45, 2.75) is 33.1 Å². The van der Waals surface area contributed by atoms with Crippen LogP contribution in [-0.4, -0.2) is 31.4 Å². The van der Waals surface area contributed by atoms with Crippen molar-refractivity contribution in [3.8, 4) is 0 Å². The highest BCUT2D eigenvalue weighted by molar-refractivity contribution is 6.61. The molecule has 1 saturated carbocycles. The third-order valence-electron chi connectivity index (χ3n) is 4.55. The van der Waals surface area contributed by atoms with Gasteiger partial charge in [0.1, 0.15) is 0 Å². The molecule has 1 saturated heterocycles. The van der Waals surface area contributed by atoms with Crippen molar-refractivity contribution in [3.63, 3.8) is 0 Å². The van der Waals surface area contributed by atoms with Crippen LogP contribution in [0.25, 0.3) is 0 Å². The zero-order valence-electron chi connectivity index (χ0n) is 13.2. The Balaban J connectivity index is 1.49. The topological polar surface area (TPSA) is 55.8 Å².